The number of hydrogen-bond acceptors (Lipinski definition) is 1. The van der Waals surface area contributed by atoms with E-state index in [9.17, 15) is 0 Å². The van der Waals surface area contributed by atoms with Crippen LogP contribution in [0.25, 0.3) is 0 Å². The van der Waals surface area contributed by atoms with Crippen LogP contribution in [-0.4, -0.2) is 6.54 Å². The SMILES string of the molecule is c1cc2c3c(c1)C1(CCC1)CC[C@H]3CCNC2. The molecule has 0 radical (unpaired) electrons. The number of rotatable bonds is 0. The summed E-state index contributed by atoms with van der Waals surface area (Å²) in [6, 6.07) is 7.08. The number of nitrogens with one attached hydrogen (secondary N) is 1. The predicted octanol–water partition coefficient (Wildman–Crippen LogP) is 3.48. The monoisotopic (exact) mass is 227 g/mol. The van der Waals surface area contributed by atoms with Crippen molar-refractivity contribution >= 4 is 0 Å². The quantitative estimate of drug-likeness (QED) is 0.715. The normalized spacial score (nSPS) is 29.3. The van der Waals surface area contributed by atoms with Crippen LogP contribution in [0.5, 0.6) is 0 Å². The molecule has 1 fully saturated rings. The van der Waals surface area contributed by atoms with Crippen LogP contribution in [0.2, 0.25) is 0 Å². The zero-order valence-corrected chi connectivity index (χ0v) is 10.5. The van der Waals surface area contributed by atoms with Gasteiger partial charge in [-0.15, -0.1) is 0 Å². The minimum Gasteiger partial charge on any atom is -0.313 e. The van der Waals surface area contributed by atoms with E-state index in [4.69, 9.17) is 0 Å². The third-order valence-electron chi connectivity index (χ3n) is 5.44. The second-order valence-corrected chi connectivity index (χ2v) is 6.21. The lowest BCUT2D eigenvalue weighted by Crippen LogP contribution is -2.39. The summed E-state index contributed by atoms with van der Waals surface area (Å²) in [6.07, 6.45) is 8.58. The maximum absolute atomic E-state index is 3.59. The third kappa shape index (κ3) is 1.35. The molecule has 4 rings (SSSR count). The molecule has 2 aliphatic carbocycles. The second-order valence-electron chi connectivity index (χ2n) is 6.21. The van der Waals surface area contributed by atoms with Crippen LogP contribution in [0.1, 0.15) is 61.1 Å². The van der Waals surface area contributed by atoms with E-state index in [2.05, 4.69) is 23.5 Å². The van der Waals surface area contributed by atoms with Gasteiger partial charge in [-0.25, -0.2) is 0 Å². The minimum atomic E-state index is 0.603. The molecule has 1 spiro atoms. The summed E-state index contributed by atoms with van der Waals surface area (Å²) < 4.78 is 0. The smallest absolute Gasteiger partial charge is 0.0208 e. The second kappa shape index (κ2) is 3.58. The zero-order chi connectivity index (χ0) is 11.3. The lowest BCUT2D eigenvalue weighted by molar-refractivity contribution is 0.197. The molecule has 1 aromatic rings. The molecule has 17 heavy (non-hydrogen) atoms. The van der Waals surface area contributed by atoms with Gasteiger partial charge in [0.1, 0.15) is 0 Å². The highest BCUT2D eigenvalue weighted by atomic mass is 14.9. The standard InChI is InChI=1S/C16H21N/c1-3-13-11-17-10-6-12-5-9-16(7-2-8-16)14(4-1)15(12)13/h1,3-4,12,17H,2,5-11H2/t12-/m0/s1. The molecule has 1 N–H and O–H groups in total. The maximum atomic E-state index is 3.59. The van der Waals surface area contributed by atoms with Gasteiger partial charge in [-0.1, -0.05) is 24.6 Å². The topological polar surface area (TPSA) is 12.0 Å². The van der Waals surface area contributed by atoms with Crippen molar-refractivity contribution in [2.24, 2.45) is 0 Å². The van der Waals surface area contributed by atoms with Crippen LogP contribution in [0, 0.1) is 0 Å². The van der Waals surface area contributed by atoms with Crippen molar-refractivity contribution in [3.8, 4) is 0 Å². The minimum absolute atomic E-state index is 0.603. The molecule has 1 aromatic carbocycles. The van der Waals surface area contributed by atoms with E-state index in [-0.39, 0.29) is 0 Å². The average Bonchev–Trinajstić information content (AvgIpc) is 2.52. The Labute approximate surface area is 104 Å². The lowest BCUT2D eigenvalue weighted by Gasteiger charge is -2.48. The Morgan fingerprint density at radius 3 is 2.88 bits per heavy atom. The molecule has 0 aromatic heterocycles. The number of hydrogen-bond donors (Lipinski definition) is 1. The highest BCUT2D eigenvalue weighted by Crippen LogP contribution is 2.55. The molecule has 90 valence electrons. The molecule has 1 saturated carbocycles. The first-order valence-corrected chi connectivity index (χ1v) is 7.22. The van der Waals surface area contributed by atoms with E-state index >= 15 is 0 Å². The first kappa shape index (κ1) is 10.1. The van der Waals surface area contributed by atoms with Crippen LogP contribution in [0.15, 0.2) is 18.2 Å². The highest BCUT2D eigenvalue weighted by molar-refractivity contribution is 5.46. The molecular formula is C16H21N. The van der Waals surface area contributed by atoms with Crippen LogP contribution >= 0.6 is 0 Å². The van der Waals surface area contributed by atoms with E-state index < -0.39 is 0 Å². The summed E-state index contributed by atoms with van der Waals surface area (Å²) in [5, 5.41) is 3.59. The summed E-state index contributed by atoms with van der Waals surface area (Å²) in [4.78, 5) is 0. The zero-order valence-electron chi connectivity index (χ0n) is 10.5. The van der Waals surface area contributed by atoms with Crippen LogP contribution in [0.4, 0.5) is 0 Å². The molecule has 1 nitrogen and oxygen atoms in total. The predicted molar refractivity (Wildman–Crippen MR) is 70.3 cm³/mol. The molecule has 0 amide bonds. The van der Waals surface area contributed by atoms with Gasteiger partial charge in [0.05, 0.1) is 0 Å². The summed E-state index contributed by atoms with van der Waals surface area (Å²) in [6.45, 7) is 2.29. The Morgan fingerprint density at radius 1 is 1.12 bits per heavy atom. The van der Waals surface area contributed by atoms with Gasteiger partial charge >= 0.3 is 0 Å². The first-order valence-electron chi connectivity index (χ1n) is 7.22. The summed E-state index contributed by atoms with van der Waals surface area (Å²) >= 11 is 0. The molecule has 1 heteroatoms. The molecular weight excluding hydrogens is 206 g/mol. The molecule has 3 aliphatic rings. The van der Waals surface area contributed by atoms with Gasteiger partial charge in [0.2, 0.25) is 0 Å². The van der Waals surface area contributed by atoms with Crippen molar-refractivity contribution < 1.29 is 0 Å². The summed E-state index contributed by atoms with van der Waals surface area (Å²) in [5.74, 6) is 0.849. The Bertz CT molecular complexity index is 445. The highest BCUT2D eigenvalue weighted by Gasteiger charge is 2.44. The van der Waals surface area contributed by atoms with Crippen molar-refractivity contribution in [1.29, 1.82) is 0 Å². The fourth-order valence-corrected chi connectivity index (χ4v) is 4.35. The van der Waals surface area contributed by atoms with Crippen molar-refractivity contribution in [1.82, 2.24) is 5.32 Å². The van der Waals surface area contributed by atoms with Crippen LogP contribution in [0.3, 0.4) is 0 Å². The van der Waals surface area contributed by atoms with E-state index in [0.717, 1.165) is 12.5 Å². The van der Waals surface area contributed by atoms with Gasteiger partial charge in [0.15, 0.2) is 0 Å². The van der Waals surface area contributed by atoms with E-state index in [1.54, 1.807) is 16.7 Å². The maximum Gasteiger partial charge on any atom is 0.0208 e. The van der Waals surface area contributed by atoms with Gasteiger partial charge in [-0.3, -0.25) is 0 Å². The van der Waals surface area contributed by atoms with Gasteiger partial charge in [0, 0.05) is 6.54 Å². The lowest BCUT2D eigenvalue weighted by atomic mass is 9.56. The average molecular weight is 227 g/mol. The van der Waals surface area contributed by atoms with Crippen LogP contribution in [-0.2, 0) is 12.0 Å². The first-order chi connectivity index (χ1) is 8.39. The van der Waals surface area contributed by atoms with E-state index in [1.165, 1.54) is 45.1 Å². The van der Waals surface area contributed by atoms with Gasteiger partial charge in [-0.05, 0) is 66.7 Å². The van der Waals surface area contributed by atoms with Crippen molar-refractivity contribution in [3.05, 3.63) is 34.9 Å². The van der Waals surface area contributed by atoms with E-state index in [1.807, 2.05) is 0 Å². The van der Waals surface area contributed by atoms with Gasteiger partial charge in [-0.2, -0.15) is 0 Å². The Hall–Kier alpha value is -0.820. The van der Waals surface area contributed by atoms with Gasteiger partial charge < -0.3 is 5.32 Å². The fraction of sp³-hybridized carbons (Fsp3) is 0.625. The van der Waals surface area contributed by atoms with E-state index in [0.29, 0.717) is 5.41 Å². The van der Waals surface area contributed by atoms with Crippen molar-refractivity contribution in [2.45, 2.75) is 56.4 Å². The largest absolute Gasteiger partial charge is 0.313 e. The van der Waals surface area contributed by atoms with Gasteiger partial charge in [0.25, 0.3) is 0 Å². The summed E-state index contributed by atoms with van der Waals surface area (Å²) in [7, 11) is 0. The van der Waals surface area contributed by atoms with Crippen molar-refractivity contribution in [2.75, 3.05) is 6.54 Å². The third-order valence-corrected chi connectivity index (χ3v) is 5.44. The molecule has 1 atom stereocenters. The molecule has 0 unspecified atom stereocenters. The molecule has 0 bridgehead atoms. The van der Waals surface area contributed by atoms with Crippen molar-refractivity contribution in [3.63, 3.8) is 0 Å². The Balaban J connectivity index is 1.90. The number of fused-ring (bicyclic) bond motifs is 1. The fourth-order valence-electron chi connectivity index (χ4n) is 4.35. The molecule has 1 heterocycles. The Morgan fingerprint density at radius 2 is 2.06 bits per heavy atom. The molecule has 0 saturated heterocycles. The summed E-state index contributed by atoms with van der Waals surface area (Å²) in [5.41, 5.74) is 5.69. The van der Waals surface area contributed by atoms with Crippen LogP contribution < -0.4 is 5.32 Å². The Kier molecular flexibility index (Phi) is 2.14. The number of benzene rings is 1. The molecule has 1 aliphatic heterocycles.